The second-order valence-corrected chi connectivity index (χ2v) is 8.10. The first-order chi connectivity index (χ1) is 7.43. The van der Waals surface area contributed by atoms with Crippen LogP contribution in [0.25, 0.3) is 0 Å². The van der Waals surface area contributed by atoms with E-state index in [0.29, 0.717) is 14.5 Å². The van der Waals surface area contributed by atoms with Gasteiger partial charge in [-0.1, -0.05) is 11.6 Å². The molecule has 0 spiro atoms. The standard InChI is InChI=1S/C10H14ClNO2S2/c1-7(8-3-4-8)12(2)16(13,14)10-6-5-9(11)15-10/h5-8H,3-4H2,1-2H3. The Balaban J connectivity index is 2.24. The predicted molar refractivity (Wildman–Crippen MR) is 66.5 cm³/mol. The minimum Gasteiger partial charge on any atom is -0.206 e. The number of rotatable bonds is 4. The number of thiophene rings is 1. The lowest BCUT2D eigenvalue weighted by atomic mass is 10.2. The normalized spacial score (nSPS) is 19.0. The Bertz CT molecular complexity index is 479. The van der Waals surface area contributed by atoms with Crippen LogP contribution >= 0.6 is 22.9 Å². The summed E-state index contributed by atoms with van der Waals surface area (Å²) in [5, 5.41) is 0. The third-order valence-corrected chi connectivity index (χ3v) is 6.70. The number of halogens is 1. The van der Waals surface area contributed by atoms with Gasteiger partial charge in [0, 0.05) is 13.1 Å². The van der Waals surface area contributed by atoms with E-state index >= 15 is 0 Å². The van der Waals surface area contributed by atoms with E-state index in [2.05, 4.69) is 0 Å². The Morgan fingerprint density at radius 3 is 2.56 bits per heavy atom. The molecule has 0 N–H and O–H groups in total. The highest BCUT2D eigenvalue weighted by Crippen LogP contribution is 2.37. The SMILES string of the molecule is CC(C1CC1)N(C)S(=O)(=O)c1ccc(Cl)s1. The first-order valence-corrected chi connectivity index (χ1v) is 7.80. The zero-order valence-electron chi connectivity index (χ0n) is 9.18. The molecule has 0 aliphatic heterocycles. The van der Waals surface area contributed by atoms with Crippen molar-refractivity contribution in [2.45, 2.75) is 30.0 Å². The van der Waals surface area contributed by atoms with Gasteiger partial charge >= 0.3 is 0 Å². The maximum atomic E-state index is 12.2. The van der Waals surface area contributed by atoms with Crippen LogP contribution in [-0.2, 0) is 10.0 Å². The first kappa shape index (κ1) is 12.4. The van der Waals surface area contributed by atoms with Gasteiger partial charge in [0.2, 0.25) is 0 Å². The Morgan fingerprint density at radius 2 is 2.12 bits per heavy atom. The van der Waals surface area contributed by atoms with Gasteiger partial charge in [-0.05, 0) is 37.8 Å². The van der Waals surface area contributed by atoms with Crippen LogP contribution in [-0.4, -0.2) is 25.8 Å². The van der Waals surface area contributed by atoms with Gasteiger partial charge in [-0.3, -0.25) is 0 Å². The summed E-state index contributed by atoms with van der Waals surface area (Å²) in [5.41, 5.74) is 0. The number of hydrogen-bond donors (Lipinski definition) is 0. The minimum atomic E-state index is -3.36. The molecule has 2 rings (SSSR count). The molecule has 1 heterocycles. The highest BCUT2D eigenvalue weighted by atomic mass is 35.5. The van der Waals surface area contributed by atoms with Crippen molar-refractivity contribution in [1.82, 2.24) is 4.31 Å². The Labute approximate surface area is 105 Å². The monoisotopic (exact) mass is 279 g/mol. The van der Waals surface area contributed by atoms with Gasteiger partial charge in [-0.25, -0.2) is 8.42 Å². The van der Waals surface area contributed by atoms with Crippen molar-refractivity contribution in [1.29, 1.82) is 0 Å². The quantitative estimate of drug-likeness (QED) is 0.850. The van der Waals surface area contributed by atoms with E-state index in [1.54, 1.807) is 19.2 Å². The molecule has 1 atom stereocenters. The van der Waals surface area contributed by atoms with Gasteiger partial charge in [0.25, 0.3) is 10.0 Å². The molecule has 1 aromatic heterocycles. The molecule has 0 amide bonds. The summed E-state index contributed by atoms with van der Waals surface area (Å²) >= 11 is 6.87. The second kappa shape index (κ2) is 4.29. The van der Waals surface area contributed by atoms with Crippen LogP contribution in [0.2, 0.25) is 4.34 Å². The second-order valence-electron chi connectivity index (χ2n) is 4.16. The molecule has 1 fully saturated rings. The molecule has 0 saturated heterocycles. The third-order valence-electron chi connectivity index (χ3n) is 3.06. The van der Waals surface area contributed by atoms with E-state index in [1.165, 1.54) is 4.31 Å². The van der Waals surface area contributed by atoms with E-state index in [4.69, 9.17) is 11.6 Å². The van der Waals surface area contributed by atoms with Crippen LogP contribution in [0.5, 0.6) is 0 Å². The van der Waals surface area contributed by atoms with Crippen LogP contribution < -0.4 is 0 Å². The van der Waals surface area contributed by atoms with Crippen molar-refractivity contribution in [3.63, 3.8) is 0 Å². The molecule has 1 aromatic rings. The number of sulfonamides is 1. The van der Waals surface area contributed by atoms with Gasteiger partial charge in [-0.2, -0.15) is 4.31 Å². The summed E-state index contributed by atoms with van der Waals surface area (Å²) in [4.78, 5) is 0. The molecule has 1 unspecified atom stereocenters. The van der Waals surface area contributed by atoms with Gasteiger partial charge in [0.05, 0.1) is 4.34 Å². The fourth-order valence-corrected chi connectivity index (χ4v) is 4.76. The minimum absolute atomic E-state index is 0.0749. The van der Waals surface area contributed by atoms with E-state index in [1.807, 2.05) is 6.92 Å². The molecule has 16 heavy (non-hydrogen) atoms. The van der Waals surface area contributed by atoms with Crippen molar-refractivity contribution in [2.75, 3.05) is 7.05 Å². The molecule has 90 valence electrons. The zero-order valence-corrected chi connectivity index (χ0v) is 11.6. The van der Waals surface area contributed by atoms with Gasteiger partial charge in [0.1, 0.15) is 4.21 Å². The van der Waals surface area contributed by atoms with Gasteiger partial charge < -0.3 is 0 Å². The summed E-state index contributed by atoms with van der Waals surface area (Å²) < 4.78 is 26.7. The fraction of sp³-hybridized carbons (Fsp3) is 0.600. The fourth-order valence-electron chi connectivity index (χ4n) is 1.67. The van der Waals surface area contributed by atoms with Crippen LogP contribution in [0.4, 0.5) is 0 Å². The molecule has 0 bridgehead atoms. The lowest BCUT2D eigenvalue weighted by Crippen LogP contribution is -2.35. The first-order valence-electron chi connectivity index (χ1n) is 5.16. The molecule has 0 radical (unpaired) electrons. The number of nitrogens with zero attached hydrogens (tertiary/aromatic N) is 1. The average Bonchev–Trinajstić information content (AvgIpc) is 2.98. The lowest BCUT2D eigenvalue weighted by molar-refractivity contribution is 0.358. The van der Waals surface area contributed by atoms with E-state index in [0.717, 1.165) is 24.2 Å². The van der Waals surface area contributed by atoms with E-state index in [9.17, 15) is 8.42 Å². The average molecular weight is 280 g/mol. The highest BCUT2D eigenvalue weighted by molar-refractivity contribution is 7.91. The Kier molecular flexibility index (Phi) is 3.32. The molecule has 6 heteroatoms. The molecular formula is C10H14ClNO2S2. The van der Waals surface area contributed by atoms with Crippen molar-refractivity contribution in [3.05, 3.63) is 16.5 Å². The molecule has 0 aromatic carbocycles. The summed E-state index contributed by atoms with van der Waals surface area (Å²) in [6.07, 6.45) is 2.26. The van der Waals surface area contributed by atoms with Crippen molar-refractivity contribution in [2.24, 2.45) is 5.92 Å². The maximum Gasteiger partial charge on any atom is 0.252 e. The zero-order chi connectivity index (χ0) is 11.9. The smallest absolute Gasteiger partial charge is 0.206 e. The predicted octanol–water partition coefficient (Wildman–Crippen LogP) is 2.82. The van der Waals surface area contributed by atoms with E-state index in [-0.39, 0.29) is 6.04 Å². The number of hydrogen-bond acceptors (Lipinski definition) is 3. The molecular weight excluding hydrogens is 266 g/mol. The lowest BCUT2D eigenvalue weighted by Gasteiger charge is -2.23. The van der Waals surface area contributed by atoms with Crippen LogP contribution in [0.15, 0.2) is 16.3 Å². The van der Waals surface area contributed by atoms with Crippen LogP contribution in [0.3, 0.4) is 0 Å². The largest absolute Gasteiger partial charge is 0.252 e. The molecule has 1 aliphatic rings. The Morgan fingerprint density at radius 1 is 1.50 bits per heavy atom. The van der Waals surface area contributed by atoms with Crippen LogP contribution in [0.1, 0.15) is 19.8 Å². The summed E-state index contributed by atoms with van der Waals surface area (Å²) in [7, 11) is -1.71. The van der Waals surface area contributed by atoms with Crippen molar-refractivity contribution in [3.8, 4) is 0 Å². The molecule has 1 saturated carbocycles. The molecule has 1 aliphatic carbocycles. The highest BCUT2D eigenvalue weighted by Gasteiger charge is 2.36. The summed E-state index contributed by atoms with van der Waals surface area (Å²) in [6, 6.07) is 3.26. The summed E-state index contributed by atoms with van der Waals surface area (Å²) in [6.45, 7) is 1.96. The summed E-state index contributed by atoms with van der Waals surface area (Å²) in [5.74, 6) is 0.523. The Hall–Kier alpha value is -0.100. The van der Waals surface area contributed by atoms with E-state index < -0.39 is 10.0 Å². The molecule has 3 nitrogen and oxygen atoms in total. The third kappa shape index (κ3) is 2.27. The topological polar surface area (TPSA) is 37.4 Å². The van der Waals surface area contributed by atoms with Gasteiger partial charge in [0.15, 0.2) is 0 Å². The van der Waals surface area contributed by atoms with Gasteiger partial charge in [-0.15, -0.1) is 11.3 Å². The maximum absolute atomic E-state index is 12.2. The van der Waals surface area contributed by atoms with Crippen LogP contribution in [0, 0.1) is 5.92 Å². The van der Waals surface area contributed by atoms with Crippen molar-refractivity contribution < 1.29 is 8.42 Å². The van der Waals surface area contributed by atoms with Crippen molar-refractivity contribution >= 4 is 33.0 Å².